The Morgan fingerprint density at radius 2 is 1.87 bits per heavy atom. The normalized spacial score (nSPS) is 18.6. The fraction of sp³-hybridized carbons (Fsp3) is 0.321. The average molecular weight is 524 g/mol. The van der Waals surface area contributed by atoms with E-state index in [0.717, 1.165) is 10.5 Å². The van der Waals surface area contributed by atoms with Crippen LogP contribution in [0.5, 0.6) is 5.75 Å². The van der Waals surface area contributed by atoms with Crippen molar-refractivity contribution in [2.24, 2.45) is 0 Å². The summed E-state index contributed by atoms with van der Waals surface area (Å²) in [5, 5.41) is 26.5. The van der Waals surface area contributed by atoms with Crippen LogP contribution in [0.2, 0.25) is 0 Å². The van der Waals surface area contributed by atoms with Gasteiger partial charge in [-0.05, 0) is 43.2 Å². The molecule has 4 atom stereocenters. The number of rotatable bonds is 9. The van der Waals surface area contributed by atoms with E-state index in [-0.39, 0.29) is 37.2 Å². The third kappa shape index (κ3) is 6.20. The lowest BCUT2D eigenvalue weighted by Gasteiger charge is -2.30. The molecule has 200 valence electrons. The van der Waals surface area contributed by atoms with Crippen molar-refractivity contribution < 1.29 is 33.4 Å². The second-order valence-corrected chi connectivity index (χ2v) is 9.30. The Labute approximate surface area is 219 Å². The van der Waals surface area contributed by atoms with E-state index in [2.05, 4.69) is 10.6 Å². The minimum atomic E-state index is -1.76. The number of carbonyl (C=O) groups is 3. The van der Waals surface area contributed by atoms with E-state index in [1.54, 1.807) is 43.3 Å². The largest absolute Gasteiger partial charge is 0.508 e. The maximum Gasteiger partial charge on any atom is 0.254 e. The van der Waals surface area contributed by atoms with E-state index in [9.17, 15) is 29.0 Å². The number of furan rings is 1. The summed E-state index contributed by atoms with van der Waals surface area (Å²) in [7, 11) is 0. The first-order valence-electron chi connectivity index (χ1n) is 12.3. The Hall–Kier alpha value is -4.18. The summed E-state index contributed by atoms with van der Waals surface area (Å²) in [4.78, 5) is 40.4. The number of phenols is 1. The standard InChI is InChI=1S/C28H30FN3O6/c1-17-21(10-5-11-24(17)33)26(35)31-22(13-18-7-3-2-4-8-18)25(34)28(37)32-16-19(29)14-23(32)27(36)30-15-20-9-6-12-38-20/h2-12,19,22-23,25,33-34H,13-16H2,1H3,(H,30,36)(H,31,35)/t19-,22-,23-,25-/m0/s1. The maximum atomic E-state index is 14.4. The van der Waals surface area contributed by atoms with Gasteiger partial charge in [0, 0.05) is 17.5 Å². The molecule has 1 aromatic heterocycles. The molecule has 3 aromatic rings. The van der Waals surface area contributed by atoms with Gasteiger partial charge in [0.15, 0.2) is 6.10 Å². The molecule has 0 unspecified atom stereocenters. The Balaban J connectivity index is 1.53. The molecule has 4 N–H and O–H groups in total. The average Bonchev–Trinajstić information content (AvgIpc) is 3.58. The molecular weight excluding hydrogens is 493 g/mol. The number of carbonyl (C=O) groups excluding carboxylic acids is 3. The van der Waals surface area contributed by atoms with Crippen LogP contribution in [-0.4, -0.2) is 63.7 Å². The van der Waals surface area contributed by atoms with Gasteiger partial charge in [-0.3, -0.25) is 14.4 Å². The third-order valence-corrected chi connectivity index (χ3v) is 6.65. The molecular formula is C28H30FN3O6. The van der Waals surface area contributed by atoms with Crippen molar-refractivity contribution in [1.82, 2.24) is 15.5 Å². The highest BCUT2D eigenvalue weighted by Gasteiger charge is 2.43. The number of aliphatic hydroxyl groups is 1. The van der Waals surface area contributed by atoms with Crippen LogP contribution < -0.4 is 10.6 Å². The fourth-order valence-electron chi connectivity index (χ4n) is 4.55. The molecule has 0 saturated carbocycles. The van der Waals surface area contributed by atoms with Gasteiger partial charge in [-0.2, -0.15) is 0 Å². The van der Waals surface area contributed by atoms with E-state index in [1.807, 2.05) is 6.07 Å². The fourth-order valence-corrected chi connectivity index (χ4v) is 4.55. The van der Waals surface area contributed by atoms with Crippen molar-refractivity contribution >= 4 is 17.7 Å². The number of likely N-dealkylation sites (tertiary alicyclic amines) is 1. The first kappa shape index (κ1) is 26.9. The van der Waals surface area contributed by atoms with Crippen LogP contribution in [0.4, 0.5) is 4.39 Å². The van der Waals surface area contributed by atoms with E-state index in [4.69, 9.17) is 4.42 Å². The summed E-state index contributed by atoms with van der Waals surface area (Å²) in [5.41, 5.74) is 1.27. The number of halogens is 1. The van der Waals surface area contributed by atoms with E-state index >= 15 is 0 Å². The number of aliphatic hydroxyl groups excluding tert-OH is 1. The van der Waals surface area contributed by atoms with E-state index < -0.39 is 42.1 Å². The summed E-state index contributed by atoms with van der Waals surface area (Å²) >= 11 is 0. The summed E-state index contributed by atoms with van der Waals surface area (Å²) in [6.07, 6.45) is -1.86. The van der Waals surface area contributed by atoms with Gasteiger partial charge in [-0.1, -0.05) is 36.4 Å². The van der Waals surface area contributed by atoms with Crippen molar-refractivity contribution in [3.8, 4) is 5.75 Å². The molecule has 0 radical (unpaired) electrons. The van der Waals surface area contributed by atoms with Gasteiger partial charge >= 0.3 is 0 Å². The van der Waals surface area contributed by atoms with Crippen molar-refractivity contribution in [2.45, 2.75) is 50.7 Å². The number of nitrogens with one attached hydrogen (secondary N) is 2. The lowest BCUT2D eigenvalue weighted by Crippen LogP contribution is -2.55. The predicted molar refractivity (Wildman–Crippen MR) is 136 cm³/mol. The molecule has 9 nitrogen and oxygen atoms in total. The van der Waals surface area contributed by atoms with Gasteiger partial charge in [-0.15, -0.1) is 0 Å². The van der Waals surface area contributed by atoms with Crippen LogP contribution in [0.3, 0.4) is 0 Å². The number of nitrogens with zero attached hydrogens (tertiary/aromatic N) is 1. The van der Waals surface area contributed by atoms with E-state index in [1.165, 1.54) is 24.5 Å². The minimum Gasteiger partial charge on any atom is -0.508 e. The van der Waals surface area contributed by atoms with Crippen LogP contribution in [0, 0.1) is 6.92 Å². The molecule has 10 heteroatoms. The van der Waals surface area contributed by atoms with Gasteiger partial charge < -0.3 is 30.2 Å². The van der Waals surface area contributed by atoms with Crippen LogP contribution in [0.25, 0.3) is 0 Å². The van der Waals surface area contributed by atoms with Crippen LogP contribution in [0.15, 0.2) is 71.3 Å². The summed E-state index contributed by atoms with van der Waals surface area (Å²) in [6.45, 7) is 1.29. The zero-order chi connectivity index (χ0) is 27.2. The highest BCUT2D eigenvalue weighted by molar-refractivity contribution is 5.97. The Morgan fingerprint density at radius 1 is 1.11 bits per heavy atom. The quantitative estimate of drug-likeness (QED) is 0.340. The SMILES string of the molecule is Cc1c(O)cccc1C(=O)N[C@@H](Cc1ccccc1)[C@H](O)C(=O)N1C[C@@H](F)C[C@H]1C(=O)NCc1ccco1. The van der Waals surface area contributed by atoms with Gasteiger partial charge in [0.2, 0.25) is 5.91 Å². The lowest BCUT2D eigenvalue weighted by molar-refractivity contribution is -0.146. The molecule has 3 amide bonds. The molecule has 2 aromatic carbocycles. The highest BCUT2D eigenvalue weighted by Crippen LogP contribution is 2.24. The zero-order valence-corrected chi connectivity index (χ0v) is 20.8. The first-order chi connectivity index (χ1) is 18.2. The smallest absolute Gasteiger partial charge is 0.254 e. The molecule has 2 heterocycles. The monoisotopic (exact) mass is 523 g/mol. The van der Waals surface area contributed by atoms with Crippen LogP contribution in [0.1, 0.15) is 33.7 Å². The molecule has 0 aliphatic carbocycles. The highest BCUT2D eigenvalue weighted by atomic mass is 19.1. The Morgan fingerprint density at radius 3 is 2.58 bits per heavy atom. The lowest BCUT2D eigenvalue weighted by atomic mass is 9.98. The van der Waals surface area contributed by atoms with Gasteiger partial charge in [-0.25, -0.2) is 4.39 Å². The van der Waals surface area contributed by atoms with Gasteiger partial charge in [0.05, 0.1) is 25.4 Å². The number of alkyl halides is 1. The second kappa shape index (κ2) is 11.9. The predicted octanol–water partition coefficient (Wildman–Crippen LogP) is 2.25. The second-order valence-electron chi connectivity index (χ2n) is 9.30. The number of aromatic hydroxyl groups is 1. The molecule has 38 heavy (non-hydrogen) atoms. The van der Waals surface area contributed by atoms with Gasteiger partial charge in [0.25, 0.3) is 11.8 Å². The number of benzene rings is 2. The van der Waals surface area contributed by atoms with Crippen molar-refractivity contribution in [2.75, 3.05) is 6.54 Å². The van der Waals surface area contributed by atoms with Crippen molar-refractivity contribution in [1.29, 1.82) is 0 Å². The number of amides is 3. The van der Waals surface area contributed by atoms with Crippen LogP contribution in [-0.2, 0) is 22.6 Å². The first-order valence-corrected chi connectivity index (χ1v) is 12.3. The molecule has 1 aliphatic rings. The molecule has 1 saturated heterocycles. The van der Waals surface area contributed by atoms with E-state index in [0.29, 0.717) is 11.3 Å². The topological polar surface area (TPSA) is 132 Å². The van der Waals surface area contributed by atoms with Crippen molar-refractivity contribution in [3.63, 3.8) is 0 Å². The number of hydrogen-bond donors (Lipinski definition) is 4. The summed E-state index contributed by atoms with van der Waals surface area (Å²) in [6, 6.07) is 14.6. The molecule has 0 spiro atoms. The molecule has 1 aliphatic heterocycles. The number of hydrogen-bond acceptors (Lipinski definition) is 6. The Bertz CT molecular complexity index is 1270. The zero-order valence-electron chi connectivity index (χ0n) is 20.8. The molecule has 1 fully saturated rings. The Kier molecular flexibility index (Phi) is 8.42. The third-order valence-electron chi connectivity index (χ3n) is 6.65. The summed E-state index contributed by atoms with van der Waals surface area (Å²) in [5.74, 6) is -1.59. The van der Waals surface area contributed by atoms with Crippen molar-refractivity contribution in [3.05, 3.63) is 89.4 Å². The molecule has 4 rings (SSSR count). The number of phenolic OH excluding ortho intramolecular Hbond substituents is 1. The minimum absolute atomic E-state index is 0.0664. The maximum absolute atomic E-state index is 14.4. The molecule has 0 bridgehead atoms. The van der Waals surface area contributed by atoms with Crippen LogP contribution >= 0.6 is 0 Å². The summed E-state index contributed by atoms with van der Waals surface area (Å²) < 4.78 is 19.6. The van der Waals surface area contributed by atoms with Gasteiger partial charge in [0.1, 0.15) is 23.7 Å².